The van der Waals surface area contributed by atoms with E-state index in [2.05, 4.69) is 9.88 Å². The third-order valence-electron chi connectivity index (χ3n) is 5.13. The van der Waals surface area contributed by atoms with Crippen LogP contribution in [0.2, 0.25) is 10.0 Å². The zero-order chi connectivity index (χ0) is 22.0. The van der Waals surface area contributed by atoms with Crippen molar-refractivity contribution >= 4 is 40.9 Å². The number of halogens is 2. The summed E-state index contributed by atoms with van der Waals surface area (Å²) >= 11 is 12.4. The average Bonchev–Trinajstić information content (AvgIpc) is 2.98. The molecule has 0 radical (unpaired) electrons. The Morgan fingerprint density at radius 2 is 1.67 bits per heavy atom. The molecule has 0 unspecified atom stereocenters. The van der Waals surface area contributed by atoms with Gasteiger partial charge in [0.25, 0.3) is 5.91 Å². The van der Waals surface area contributed by atoms with Crippen molar-refractivity contribution in [2.45, 2.75) is 27.7 Å². The predicted molar refractivity (Wildman–Crippen MR) is 123 cm³/mol. The van der Waals surface area contributed by atoms with Gasteiger partial charge in [-0.15, -0.1) is 0 Å². The quantitative estimate of drug-likeness (QED) is 0.370. The molecule has 4 nitrogen and oxygen atoms in total. The lowest BCUT2D eigenvalue weighted by molar-refractivity contribution is -0.112. The second-order valence-electron chi connectivity index (χ2n) is 7.08. The van der Waals surface area contributed by atoms with Gasteiger partial charge in [-0.2, -0.15) is 5.26 Å². The summed E-state index contributed by atoms with van der Waals surface area (Å²) in [6, 6.07) is 15.0. The average molecular weight is 438 g/mol. The molecule has 1 heterocycles. The summed E-state index contributed by atoms with van der Waals surface area (Å²) in [5.74, 6) is -0.480. The fourth-order valence-corrected chi connectivity index (χ4v) is 3.72. The highest BCUT2D eigenvalue weighted by Crippen LogP contribution is 2.28. The molecule has 3 rings (SSSR count). The number of hydrogen-bond donors (Lipinski definition) is 1. The SMILES string of the molecule is Cc1c(Cl)cccc1NC(=O)/C(C#N)=C/c1cc(C)n(-c2cccc(Cl)c2C)c1C. The fourth-order valence-electron chi connectivity index (χ4n) is 3.38. The number of hydrogen-bond acceptors (Lipinski definition) is 2. The minimum atomic E-state index is -0.480. The minimum absolute atomic E-state index is 0.0115. The first-order valence-corrected chi connectivity index (χ1v) is 10.1. The van der Waals surface area contributed by atoms with Crippen LogP contribution in [0.25, 0.3) is 11.8 Å². The molecule has 0 aliphatic heterocycles. The Kier molecular flexibility index (Phi) is 6.36. The summed E-state index contributed by atoms with van der Waals surface area (Å²) in [6.07, 6.45) is 1.61. The van der Waals surface area contributed by atoms with E-state index in [1.165, 1.54) is 0 Å². The number of carbonyl (C=O) groups is 1. The maximum Gasteiger partial charge on any atom is 0.266 e. The van der Waals surface area contributed by atoms with Gasteiger partial charge in [0, 0.05) is 32.8 Å². The van der Waals surface area contributed by atoms with E-state index in [-0.39, 0.29) is 5.57 Å². The Bertz CT molecular complexity index is 1220. The summed E-state index contributed by atoms with van der Waals surface area (Å²) in [5.41, 5.74) is 5.96. The van der Waals surface area contributed by atoms with Crippen LogP contribution in [0.3, 0.4) is 0 Å². The highest BCUT2D eigenvalue weighted by Gasteiger charge is 2.16. The van der Waals surface area contributed by atoms with Gasteiger partial charge in [0.2, 0.25) is 0 Å². The van der Waals surface area contributed by atoms with E-state index in [9.17, 15) is 10.1 Å². The van der Waals surface area contributed by atoms with Crippen molar-refractivity contribution in [1.82, 2.24) is 4.57 Å². The molecule has 0 spiro atoms. The molecule has 152 valence electrons. The number of aromatic nitrogens is 1. The monoisotopic (exact) mass is 437 g/mol. The molecule has 3 aromatic rings. The van der Waals surface area contributed by atoms with Crippen molar-refractivity contribution in [3.8, 4) is 11.8 Å². The maximum absolute atomic E-state index is 12.7. The van der Waals surface area contributed by atoms with Crippen molar-refractivity contribution in [3.63, 3.8) is 0 Å². The fraction of sp³-hybridized carbons (Fsp3) is 0.167. The number of amides is 1. The van der Waals surface area contributed by atoms with Gasteiger partial charge in [-0.1, -0.05) is 35.3 Å². The number of aryl methyl sites for hydroxylation is 1. The number of benzene rings is 2. The molecule has 2 aromatic carbocycles. The molecular weight excluding hydrogens is 417 g/mol. The summed E-state index contributed by atoms with van der Waals surface area (Å²) < 4.78 is 2.07. The first-order valence-electron chi connectivity index (χ1n) is 9.37. The molecule has 0 aliphatic carbocycles. The minimum Gasteiger partial charge on any atom is -0.321 e. The molecule has 1 aromatic heterocycles. The molecule has 1 amide bonds. The van der Waals surface area contributed by atoms with Gasteiger partial charge < -0.3 is 9.88 Å². The van der Waals surface area contributed by atoms with E-state index in [4.69, 9.17) is 23.2 Å². The van der Waals surface area contributed by atoms with Crippen molar-refractivity contribution in [3.05, 3.63) is 86.2 Å². The molecule has 0 atom stereocenters. The van der Waals surface area contributed by atoms with E-state index in [0.717, 1.165) is 33.8 Å². The first-order chi connectivity index (χ1) is 14.2. The number of rotatable bonds is 4. The van der Waals surface area contributed by atoms with Crippen molar-refractivity contribution in [2.24, 2.45) is 0 Å². The predicted octanol–water partition coefficient (Wildman–Crippen LogP) is 6.56. The van der Waals surface area contributed by atoms with E-state index in [0.29, 0.717) is 15.7 Å². The third kappa shape index (κ3) is 4.14. The Morgan fingerprint density at radius 1 is 1.03 bits per heavy atom. The molecule has 0 aliphatic rings. The summed E-state index contributed by atoms with van der Waals surface area (Å²) in [6.45, 7) is 7.71. The number of carbonyl (C=O) groups excluding carboxylic acids is 1. The van der Waals surface area contributed by atoms with Crippen LogP contribution >= 0.6 is 23.2 Å². The molecule has 6 heteroatoms. The Hall–Kier alpha value is -3.00. The zero-order valence-corrected chi connectivity index (χ0v) is 18.7. The number of nitrogens with zero attached hydrogens (tertiary/aromatic N) is 2. The van der Waals surface area contributed by atoms with E-state index >= 15 is 0 Å². The molecule has 0 fully saturated rings. The van der Waals surface area contributed by atoms with Gasteiger partial charge in [-0.3, -0.25) is 4.79 Å². The van der Waals surface area contributed by atoms with Crippen LogP contribution in [-0.2, 0) is 4.79 Å². The van der Waals surface area contributed by atoms with Gasteiger partial charge in [-0.05, 0) is 80.8 Å². The molecular formula is C24H21Cl2N3O. The Morgan fingerprint density at radius 3 is 2.33 bits per heavy atom. The lowest BCUT2D eigenvalue weighted by Gasteiger charge is -2.13. The number of nitrogens with one attached hydrogen (secondary N) is 1. The summed E-state index contributed by atoms with van der Waals surface area (Å²) in [5, 5.41) is 13.6. The van der Waals surface area contributed by atoms with Crippen LogP contribution in [0.4, 0.5) is 5.69 Å². The third-order valence-corrected chi connectivity index (χ3v) is 5.95. The molecule has 0 bridgehead atoms. The van der Waals surface area contributed by atoms with E-state index in [1.54, 1.807) is 24.3 Å². The van der Waals surface area contributed by atoms with Crippen LogP contribution in [0.1, 0.15) is 28.1 Å². The van der Waals surface area contributed by atoms with Crippen molar-refractivity contribution < 1.29 is 4.79 Å². The summed E-state index contributed by atoms with van der Waals surface area (Å²) in [7, 11) is 0. The number of nitriles is 1. The van der Waals surface area contributed by atoms with Gasteiger partial charge in [0.1, 0.15) is 11.6 Å². The summed E-state index contributed by atoms with van der Waals surface area (Å²) in [4.78, 5) is 12.7. The Labute approximate surface area is 186 Å². The smallest absolute Gasteiger partial charge is 0.266 e. The highest BCUT2D eigenvalue weighted by molar-refractivity contribution is 6.32. The standard InChI is InChI=1S/C24H21Cl2N3O/c1-14-11-18(17(4)29(14)23-10-6-8-21(26)16(23)3)12-19(13-27)24(30)28-22-9-5-7-20(25)15(22)2/h5-12H,1-4H3,(H,28,30)/b19-12+. The normalized spacial score (nSPS) is 11.3. The maximum atomic E-state index is 12.7. The van der Waals surface area contributed by atoms with Gasteiger partial charge in [-0.25, -0.2) is 0 Å². The van der Waals surface area contributed by atoms with Gasteiger partial charge >= 0.3 is 0 Å². The molecule has 1 N–H and O–H groups in total. The van der Waals surface area contributed by atoms with Crippen LogP contribution in [0.5, 0.6) is 0 Å². The molecule has 0 saturated heterocycles. The molecule has 30 heavy (non-hydrogen) atoms. The first kappa shape index (κ1) is 21.7. The van der Waals surface area contributed by atoms with Gasteiger partial charge in [0.15, 0.2) is 0 Å². The number of anilines is 1. The second kappa shape index (κ2) is 8.79. The van der Waals surface area contributed by atoms with Crippen LogP contribution in [0, 0.1) is 39.0 Å². The lowest BCUT2D eigenvalue weighted by Crippen LogP contribution is -2.14. The largest absolute Gasteiger partial charge is 0.321 e. The van der Waals surface area contributed by atoms with E-state index < -0.39 is 5.91 Å². The zero-order valence-electron chi connectivity index (χ0n) is 17.2. The Balaban J connectivity index is 1.99. The van der Waals surface area contributed by atoms with E-state index in [1.807, 2.05) is 58.0 Å². The van der Waals surface area contributed by atoms with Crippen LogP contribution in [-0.4, -0.2) is 10.5 Å². The van der Waals surface area contributed by atoms with Crippen LogP contribution in [0.15, 0.2) is 48.0 Å². The molecule has 0 saturated carbocycles. The van der Waals surface area contributed by atoms with Gasteiger partial charge in [0.05, 0.1) is 0 Å². The lowest BCUT2D eigenvalue weighted by atomic mass is 10.1. The van der Waals surface area contributed by atoms with Crippen molar-refractivity contribution in [2.75, 3.05) is 5.32 Å². The van der Waals surface area contributed by atoms with Crippen molar-refractivity contribution in [1.29, 1.82) is 5.26 Å². The second-order valence-corrected chi connectivity index (χ2v) is 7.90. The van der Waals surface area contributed by atoms with Crippen LogP contribution < -0.4 is 5.32 Å². The topological polar surface area (TPSA) is 57.8 Å². The highest BCUT2D eigenvalue weighted by atomic mass is 35.5.